The van der Waals surface area contributed by atoms with Crippen LogP contribution in [0.4, 0.5) is 5.69 Å². The summed E-state index contributed by atoms with van der Waals surface area (Å²) in [6.07, 6.45) is 5.44. The number of oxazole rings is 1. The SMILES string of the molecule is CC(C)(C)OC(=O)CNC(=O)C(c1cccnc1)N(C(=O)c1cocn1)c1ccc(C(C)(C)C)cc1. The Morgan fingerprint density at radius 3 is 2.28 bits per heavy atom. The molecule has 0 radical (unpaired) electrons. The maximum atomic E-state index is 13.6. The molecule has 190 valence electrons. The number of hydrogen-bond donors (Lipinski definition) is 1. The molecular weight excluding hydrogens is 460 g/mol. The van der Waals surface area contributed by atoms with E-state index in [1.807, 2.05) is 12.1 Å². The van der Waals surface area contributed by atoms with Crippen molar-refractivity contribution in [3.05, 3.63) is 78.3 Å². The van der Waals surface area contributed by atoms with E-state index in [-0.39, 0.29) is 17.7 Å². The number of benzene rings is 1. The van der Waals surface area contributed by atoms with Gasteiger partial charge in [-0.25, -0.2) is 4.98 Å². The summed E-state index contributed by atoms with van der Waals surface area (Å²) in [6, 6.07) is 9.61. The van der Waals surface area contributed by atoms with Gasteiger partial charge in [0.15, 0.2) is 12.1 Å². The van der Waals surface area contributed by atoms with Crippen LogP contribution in [0.5, 0.6) is 0 Å². The molecule has 2 amide bonds. The summed E-state index contributed by atoms with van der Waals surface area (Å²) < 4.78 is 10.3. The van der Waals surface area contributed by atoms with Crippen molar-refractivity contribution in [2.75, 3.05) is 11.4 Å². The van der Waals surface area contributed by atoms with Crippen LogP contribution in [0.25, 0.3) is 0 Å². The fourth-order valence-corrected chi connectivity index (χ4v) is 3.54. The summed E-state index contributed by atoms with van der Waals surface area (Å²) in [5.41, 5.74) is 1.21. The van der Waals surface area contributed by atoms with Gasteiger partial charge in [0.05, 0.1) is 0 Å². The largest absolute Gasteiger partial charge is 0.459 e. The summed E-state index contributed by atoms with van der Waals surface area (Å²) in [5.74, 6) is -1.72. The van der Waals surface area contributed by atoms with Crippen LogP contribution in [-0.2, 0) is 19.7 Å². The van der Waals surface area contributed by atoms with Crippen molar-refractivity contribution in [2.45, 2.75) is 58.6 Å². The van der Waals surface area contributed by atoms with Crippen LogP contribution in [0.1, 0.15) is 69.2 Å². The third-order valence-corrected chi connectivity index (χ3v) is 5.22. The number of nitrogens with zero attached hydrogens (tertiary/aromatic N) is 3. The van der Waals surface area contributed by atoms with E-state index in [0.717, 1.165) is 12.0 Å². The second kappa shape index (κ2) is 10.7. The number of amides is 2. The molecule has 2 aromatic heterocycles. The van der Waals surface area contributed by atoms with E-state index in [1.165, 1.54) is 17.4 Å². The molecule has 0 saturated heterocycles. The average Bonchev–Trinajstić information content (AvgIpc) is 3.35. The third kappa shape index (κ3) is 6.78. The molecule has 1 atom stereocenters. The summed E-state index contributed by atoms with van der Waals surface area (Å²) in [7, 11) is 0. The monoisotopic (exact) mass is 492 g/mol. The van der Waals surface area contributed by atoms with Crippen molar-refractivity contribution in [1.82, 2.24) is 15.3 Å². The Hall–Kier alpha value is -4.01. The second-order valence-electron chi connectivity index (χ2n) is 10.3. The Morgan fingerprint density at radius 1 is 1.06 bits per heavy atom. The molecule has 3 rings (SSSR count). The highest BCUT2D eigenvalue weighted by atomic mass is 16.6. The first kappa shape index (κ1) is 26.6. The Morgan fingerprint density at radius 2 is 1.75 bits per heavy atom. The number of carbonyl (C=O) groups is 3. The van der Waals surface area contributed by atoms with E-state index in [2.05, 4.69) is 36.1 Å². The van der Waals surface area contributed by atoms with Gasteiger partial charge in [0, 0.05) is 23.6 Å². The molecule has 1 aromatic carbocycles. The summed E-state index contributed by atoms with van der Waals surface area (Å²) in [5, 5.41) is 2.61. The van der Waals surface area contributed by atoms with Crippen LogP contribution in [0.3, 0.4) is 0 Å². The maximum Gasteiger partial charge on any atom is 0.325 e. The number of nitrogens with one attached hydrogen (secondary N) is 1. The fraction of sp³-hybridized carbons (Fsp3) is 0.370. The van der Waals surface area contributed by atoms with Gasteiger partial charge in [0.1, 0.15) is 24.5 Å². The van der Waals surface area contributed by atoms with Crippen molar-refractivity contribution in [2.24, 2.45) is 0 Å². The lowest BCUT2D eigenvalue weighted by atomic mass is 9.87. The predicted molar refractivity (Wildman–Crippen MR) is 134 cm³/mol. The first-order valence-electron chi connectivity index (χ1n) is 11.6. The van der Waals surface area contributed by atoms with Crippen molar-refractivity contribution >= 4 is 23.5 Å². The Kier molecular flexibility index (Phi) is 7.92. The zero-order valence-electron chi connectivity index (χ0n) is 21.4. The first-order chi connectivity index (χ1) is 16.9. The van der Waals surface area contributed by atoms with Crippen molar-refractivity contribution < 1.29 is 23.5 Å². The molecular formula is C27H32N4O5. The molecule has 36 heavy (non-hydrogen) atoms. The zero-order valence-corrected chi connectivity index (χ0v) is 21.4. The molecule has 3 aromatic rings. The predicted octanol–water partition coefficient (Wildman–Crippen LogP) is 4.21. The van der Waals surface area contributed by atoms with Crippen LogP contribution in [0.15, 0.2) is 65.9 Å². The number of rotatable bonds is 7. The summed E-state index contributed by atoms with van der Waals surface area (Å²) in [4.78, 5) is 48.9. The van der Waals surface area contributed by atoms with E-state index in [9.17, 15) is 14.4 Å². The fourth-order valence-electron chi connectivity index (χ4n) is 3.54. The average molecular weight is 493 g/mol. The molecule has 0 saturated carbocycles. The highest BCUT2D eigenvalue weighted by Crippen LogP contribution is 2.31. The van der Waals surface area contributed by atoms with Crippen molar-refractivity contribution in [3.63, 3.8) is 0 Å². The smallest absolute Gasteiger partial charge is 0.325 e. The van der Waals surface area contributed by atoms with Gasteiger partial charge in [0.25, 0.3) is 5.91 Å². The van der Waals surface area contributed by atoms with E-state index in [1.54, 1.807) is 51.2 Å². The highest BCUT2D eigenvalue weighted by molar-refractivity contribution is 6.09. The van der Waals surface area contributed by atoms with Gasteiger partial charge in [-0.1, -0.05) is 39.0 Å². The number of aromatic nitrogens is 2. The first-order valence-corrected chi connectivity index (χ1v) is 11.6. The van der Waals surface area contributed by atoms with E-state index in [4.69, 9.17) is 9.15 Å². The lowest BCUT2D eigenvalue weighted by Gasteiger charge is -2.31. The van der Waals surface area contributed by atoms with Crippen LogP contribution in [-0.4, -0.2) is 39.9 Å². The van der Waals surface area contributed by atoms with Crippen LogP contribution >= 0.6 is 0 Å². The van der Waals surface area contributed by atoms with Gasteiger partial charge >= 0.3 is 5.97 Å². The Balaban J connectivity index is 2.03. The standard InChI is InChI=1S/C27H32N4O5/c1-26(2,3)19-9-11-20(12-10-19)31(25(34)21-16-35-17-30-21)23(18-8-7-13-28-14-18)24(33)29-15-22(32)36-27(4,5)6/h7-14,16-17,23H,15H2,1-6H3,(H,29,33). The lowest BCUT2D eigenvalue weighted by Crippen LogP contribution is -2.46. The molecule has 0 bridgehead atoms. The molecule has 0 fully saturated rings. The molecule has 0 aliphatic heterocycles. The number of ether oxygens (including phenoxy) is 1. The molecule has 1 unspecified atom stereocenters. The number of hydrogen-bond acceptors (Lipinski definition) is 7. The van der Waals surface area contributed by atoms with Gasteiger partial charge in [-0.05, 0) is 49.9 Å². The molecule has 9 heteroatoms. The minimum Gasteiger partial charge on any atom is -0.459 e. The van der Waals surface area contributed by atoms with Gasteiger partial charge in [0.2, 0.25) is 5.91 Å². The molecule has 9 nitrogen and oxygen atoms in total. The van der Waals surface area contributed by atoms with Crippen molar-refractivity contribution in [1.29, 1.82) is 0 Å². The van der Waals surface area contributed by atoms with Gasteiger partial charge in [-0.2, -0.15) is 0 Å². The van der Waals surface area contributed by atoms with E-state index in [0.29, 0.717) is 11.3 Å². The molecule has 0 spiro atoms. The Labute approximate surface area is 210 Å². The van der Waals surface area contributed by atoms with Gasteiger partial charge in [-0.3, -0.25) is 24.3 Å². The summed E-state index contributed by atoms with van der Waals surface area (Å²) >= 11 is 0. The van der Waals surface area contributed by atoms with E-state index >= 15 is 0 Å². The van der Waals surface area contributed by atoms with Crippen LogP contribution < -0.4 is 10.2 Å². The minimum absolute atomic E-state index is 0.0312. The zero-order chi connectivity index (χ0) is 26.5. The number of carbonyl (C=O) groups excluding carboxylic acids is 3. The minimum atomic E-state index is -1.15. The summed E-state index contributed by atoms with van der Waals surface area (Å²) in [6.45, 7) is 11.1. The highest BCUT2D eigenvalue weighted by Gasteiger charge is 2.35. The normalized spacial score (nSPS) is 12.5. The number of pyridine rings is 1. The molecule has 0 aliphatic carbocycles. The molecule has 0 aliphatic rings. The topological polar surface area (TPSA) is 115 Å². The molecule has 2 heterocycles. The Bertz CT molecular complexity index is 1180. The molecule has 1 N–H and O–H groups in total. The van der Waals surface area contributed by atoms with Crippen LogP contribution in [0, 0.1) is 0 Å². The lowest BCUT2D eigenvalue weighted by molar-refractivity contribution is -0.154. The van der Waals surface area contributed by atoms with E-state index < -0.39 is 29.4 Å². The second-order valence-corrected chi connectivity index (χ2v) is 10.3. The van der Waals surface area contributed by atoms with Crippen molar-refractivity contribution in [3.8, 4) is 0 Å². The van der Waals surface area contributed by atoms with Gasteiger partial charge in [-0.15, -0.1) is 0 Å². The van der Waals surface area contributed by atoms with Gasteiger partial charge < -0.3 is 14.5 Å². The third-order valence-electron chi connectivity index (χ3n) is 5.22. The maximum absolute atomic E-state index is 13.6. The number of anilines is 1. The van der Waals surface area contributed by atoms with Crippen LogP contribution in [0.2, 0.25) is 0 Å². The number of esters is 1. The quantitative estimate of drug-likeness (QED) is 0.491.